The van der Waals surface area contributed by atoms with Crippen LogP contribution in [-0.4, -0.2) is 14.6 Å². The van der Waals surface area contributed by atoms with Gasteiger partial charge < -0.3 is 0 Å². The quantitative estimate of drug-likeness (QED) is 0.627. The fourth-order valence-electron chi connectivity index (χ4n) is 2.25. The summed E-state index contributed by atoms with van der Waals surface area (Å²) in [6, 6.07) is 10.2. The van der Waals surface area contributed by atoms with Crippen LogP contribution in [0.15, 0.2) is 30.3 Å². The summed E-state index contributed by atoms with van der Waals surface area (Å²) in [5.74, 6) is 0. The minimum absolute atomic E-state index is 0.632. The van der Waals surface area contributed by atoms with Crippen molar-refractivity contribution in [3.63, 3.8) is 0 Å². The Morgan fingerprint density at radius 1 is 1.00 bits per heavy atom. The van der Waals surface area contributed by atoms with Crippen LogP contribution in [0.2, 0.25) is 5.15 Å². The molecule has 0 bridgehead atoms. The first-order chi connectivity index (χ1) is 9.09. The largest absolute Gasteiger partial charge is 0.233 e. The second-order valence-corrected chi connectivity index (χ2v) is 5.03. The lowest BCUT2D eigenvalue weighted by Crippen LogP contribution is -1.99. The molecule has 0 saturated heterocycles. The van der Waals surface area contributed by atoms with Crippen molar-refractivity contribution in [2.75, 3.05) is 0 Å². The van der Waals surface area contributed by atoms with Crippen LogP contribution in [0.4, 0.5) is 0 Å². The van der Waals surface area contributed by atoms with Crippen molar-refractivity contribution in [3.05, 3.63) is 52.4 Å². The topological polar surface area (TPSA) is 30.2 Å². The molecule has 0 aliphatic carbocycles. The van der Waals surface area contributed by atoms with E-state index < -0.39 is 0 Å². The van der Waals surface area contributed by atoms with Gasteiger partial charge in [0.2, 0.25) is 0 Å². The van der Waals surface area contributed by atoms with E-state index in [1.807, 2.05) is 39.0 Å². The highest BCUT2D eigenvalue weighted by molar-refractivity contribution is 6.30. The molecule has 0 radical (unpaired) electrons. The van der Waals surface area contributed by atoms with Crippen LogP contribution in [0.25, 0.3) is 16.8 Å². The first kappa shape index (κ1) is 12.2. The summed E-state index contributed by atoms with van der Waals surface area (Å²) in [4.78, 5) is 4.65. The fourth-order valence-corrected chi connectivity index (χ4v) is 2.50. The Bertz CT molecular complexity index is 760. The van der Waals surface area contributed by atoms with Gasteiger partial charge in [-0.15, -0.1) is 0 Å². The summed E-state index contributed by atoms with van der Waals surface area (Å²) in [6.45, 7) is 5.92. The molecule has 2 aromatic heterocycles. The van der Waals surface area contributed by atoms with E-state index in [9.17, 15) is 0 Å². The number of nitrogens with zero attached hydrogens (tertiary/aromatic N) is 3. The van der Waals surface area contributed by atoms with Gasteiger partial charge in [0.05, 0.1) is 5.69 Å². The zero-order valence-corrected chi connectivity index (χ0v) is 11.9. The van der Waals surface area contributed by atoms with Gasteiger partial charge in [0.15, 0.2) is 5.65 Å². The molecule has 0 fully saturated rings. The van der Waals surface area contributed by atoms with Gasteiger partial charge in [-0.2, -0.15) is 5.10 Å². The van der Waals surface area contributed by atoms with Crippen molar-refractivity contribution in [3.8, 4) is 11.1 Å². The molecule has 4 heteroatoms. The van der Waals surface area contributed by atoms with Gasteiger partial charge in [0.1, 0.15) is 5.15 Å². The Balaban J connectivity index is 2.41. The lowest BCUT2D eigenvalue weighted by molar-refractivity contribution is 0.898. The molecule has 3 rings (SSSR count). The second kappa shape index (κ2) is 4.35. The number of fused-ring (bicyclic) bond motifs is 1. The molecule has 0 spiro atoms. The summed E-state index contributed by atoms with van der Waals surface area (Å²) < 4.78 is 1.72. The van der Waals surface area contributed by atoms with Crippen LogP contribution in [0.3, 0.4) is 0 Å². The smallest absolute Gasteiger partial charge is 0.165 e. The molecule has 3 nitrogen and oxygen atoms in total. The van der Waals surface area contributed by atoms with Gasteiger partial charge in [0.25, 0.3) is 0 Å². The molecule has 0 unspecified atom stereocenters. The van der Waals surface area contributed by atoms with E-state index in [0.29, 0.717) is 5.15 Å². The van der Waals surface area contributed by atoms with E-state index in [0.717, 1.165) is 33.7 Å². The molecule has 2 heterocycles. The Kier molecular flexibility index (Phi) is 2.79. The third-order valence-electron chi connectivity index (χ3n) is 3.41. The highest BCUT2D eigenvalue weighted by Gasteiger charge is 2.16. The SMILES string of the molecule is Cc1nc2c(-c3ccccc3)c(C)nn2c(Cl)c1C. The summed E-state index contributed by atoms with van der Waals surface area (Å²) in [5, 5.41) is 5.15. The molecule has 0 saturated carbocycles. The van der Waals surface area contributed by atoms with Crippen LogP contribution in [0, 0.1) is 20.8 Å². The van der Waals surface area contributed by atoms with Gasteiger partial charge in [-0.3, -0.25) is 0 Å². The van der Waals surface area contributed by atoms with Gasteiger partial charge in [-0.25, -0.2) is 9.50 Å². The standard InChI is InChI=1S/C15H14ClN3/c1-9-10(2)17-15-13(12-7-5-4-6-8-12)11(3)18-19(15)14(9)16/h4-8H,1-3H3. The Morgan fingerprint density at radius 3 is 2.37 bits per heavy atom. The van der Waals surface area contributed by atoms with Crippen molar-refractivity contribution in [1.82, 2.24) is 14.6 Å². The first-order valence-electron chi connectivity index (χ1n) is 6.17. The lowest BCUT2D eigenvalue weighted by Gasteiger charge is -2.05. The van der Waals surface area contributed by atoms with Gasteiger partial charge in [0, 0.05) is 16.8 Å². The maximum absolute atomic E-state index is 6.36. The zero-order chi connectivity index (χ0) is 13.6. The van der Waals surface area contributed by atoms with E-state index in [1.54, 1.807) is 4.52 Å². The third kappa shape index (κ3) is 1.81. The molecule has 0 N–H and O–H groups in total. The van der Waals surface area contributed by atoms with Crippen molar-refractivity contribution in [2.24, 2.45) is 0 Å². The van der Waals surface area contributed by atoms with Crippen molar-refractivity contribution in [2.45, 2.75) is 20.8 Å². The number of hydrogen-bond donors (Lipinski definition) is 0. The van der Waals surface area contributed by atoms with Gasteiger partial charge in [-0.1, -0.05) is 41.9 Å². The zero-order valence-electron chi connectivity index (χ0n) is 11.1. The van der Waals surface area contributed by atoms with E-state index in [-0.39, 0.29) is 0 Å². The Hall–Kier alpha value is -1.87. The molecular formula is C15H14ClN3. The van der Waals surface area contributed by atoms with Crippen molar-refractivity contribution in [1.29, 1.82) is 0 Å². The molecule has 19 heavy (non-hydrogen) atoms. The minimum atomic E-state index is 0.632. The minimum Gasteiger partial charge on any atom is -0.233 e. The second-order valence-electron chi connectivity index (χ2n) is 4.67. The van der Waals surface area contributed by atoms with E-state index in [1.165, 1.54) is 0 Å². The van der Waals surface area contributed by atoms with Crippen molar-refractivity contribution >= 4 is 17.2 Å². The third-order valence-corrected chi connectivity index (χ3v) is 3.85. The molecule has 0 aliphatic rings. The number of benzene rings is 1. The number of rotatable bonds is 1. The van der Waals surface area contributed by atoms with Crippen molar-refractivity contribution < 1.29 is 0 Å². The van der Waals surface area contributed by atoms with E-state index in [4.69, 9.17) is 11.6 Å². The highest BCUT2D eigenvalue weighted by atomic mass is 35.5. The first-order valence-corrected chi connectivity index (χ1v) is 6.55. The number of aromatic nitrogens is 3. The Labute approximate surface area is 116 Å². The number of hydrogen-bond acceptors (Lipinski definition) is 2. The van der Waals surface area contributed by atoms with Gasteiger partial charge in [-0.05, 0) is 26.3 Å². The van der Waals surface area contributed by atoms with Crippen LogP contribution >= 0.6 is 11.6 Å². The van der Waals surface area contributed by atoms with Crippen LogP contribution in [0.5, 0.6) is 0 Å². The molecule has 0 aliphatic heterocycles. The maximum atomic E-state index is 6.36. The molecule has 0 atom stereocenters. The molecule has 1 aromatic carbocycles. The normalized spacial score (nSPS) is 11.2. The summed E-state index contributed by atoms with van der Waals surface area (Å²) in [5.41, 5.74) is 5.82. The fraction of sp³-hybridized carbons (Fsp3) is 0.200. The van der Waals surface area contributed by atoms with E-state index >= 15 is 0 Å². The van der Waals surface area contributed by atoms with E-state index in [2.05, 4.69) is 22.2 Å². The predicted octanol–water partition coefficient (Wildman–Crippen LogP) is 3.97. The molecule has 3 aromatic rings. The van der Waals surface area contributed by atoms with Crippen LogP contribution < -0.4 is 0 Å². The monoisotopic (exact) mass is 271 g/mol. The summed E-state index contributed by atoms with van der Waals surface area (Å²) in [6.07, 6.45) is 0. The number of halogens is 1. The molecule has 0 amide bonds. The average molecular weight is 272 g/mol. The van der Waals surface area contributed by atoms with Gasteiger partial charge >= 0.3 is 0 Å². The summed E-state index contributed by atoms with van der Waals surface area (Å²) in [7, 11) is 0. The molecule has 96 valence electrons. The molecular weight excluding hydrogens is 258 g/mol. The average Bonchev–Trinajstić information content (AvgIpc) is 2.74. The lowest BCUT2D eigenvalue weighted by atomic mass is 10.1. The predicted molar refractivity (Wildman–Crippen MR) is 77.6 cm³/mol. The number of aryl methyl sites for hydroxylation is 2. The Morgan fingerprint density at radius 2 is 1.68 bits per heavy atom. The van der Waals surface area contributed by atoms with Crippen LogP contribution in [-0.2, 0) is 0 Å². The summed E-state index contributed by atoms with van der Waals surface area (Å²) >= 11 is 6.36. The van der Waals surface area contributed by atoms with Crippen LogP contribution in [0.1, 0.15) is 17.0 Å². The highest BCUT2D eigenvalue weighted by Crippen LogP contribution is 2.30. The maximum Gasteiger partial charge on any atom is 0.165 e.